The average molecular weight is 468 g/mol. The number of aromatic carboxylic acids is 1. The summed E-state index contributed by atoms with van der Waals surface area (Å²) in [4.78, 5) is 43.0. The van der Waals surface area contributed by atoms with Crippen molar-refractivity contribution in [3.05, 3.63) is 51.0 Å². The fourth-order valence-corrected chi connectivity index (χ4v) is 3.38. The van der Waals surface area contributed by atoms with Crippen molar-refractivity contribution in [3.8, 4) is 11.8 Å². The molecule has 0 saturated carbocycles. The van der Waals surface area contributed by atoms with E-state index in [9.17, 15) is 33.2 Å². The minimum Gasteiger partial charge on any atom is -0.478 e. The predicted molar refractivity (Wildman–Crippen MR) is 104 cm³/mol. The molecule has 0 aliphatic carbocycles. The first-order valence-electron chi connectivity index (χ1n) is 8.57. The van der Waals surface area contributed by atoms with Crippen LogP contribution in [0.4, 0.5) is 0 Å². The van der Waals surface area contributed by atoms with Crippen LogP contribution >= 0.6 is 0 Å². The maximum Gasteiger partial charge on any atom is 0.364 e. The molecule has 32 heavy (non-hydrogen) atoms. The Kier molecular flexibility index (Phi) is 7.13. The highest BCUT2D eigenvalue weighted by atomic mass is 32.2. The number of esters is 1. The number of aliphatic imine (C=N–C) groups is 1. The molecule has 0 aromatic heterocycles. The third kappa shape index (κ3) is 4.82. The van der Waals surface area contributed by atoms with Crippen LogP contribution in [0.25, 0.3) is 0 Å². The molecule has 1 aromatic rings. The van der Waals surface area contributed by atoms with Crippen LogP contribution in [0.15, 0.2) is 34.8 Å². The van der Waals surface area contributed by atoms with Gasteiger partial charge in [0.1, 0.15) is 11.8 Å². The summed E-state index contributed by atoms with van der Waals surface area (Å²) in [5, 5.41) is 30.5. The Hall–Kier alpha value is -4.03. The van der Waals surface area contributed by atoms with Crippen molar-refractivity contribution in [3.63, 3.8) is 0 Å². The maximum atomic E-state index is 12.3. The monoisotopic (exact) mass is 468 g/mol. The molecular weight excluding hydrogens is 452 g/mol. The Bertz CT molecular complexity index is 1180. The first-order valence-corrected chi connectivity index (χ1v) is 10.5. The smallest absolute Gasteiger partial charge is 0.364 e. The first-order chi connectivity index (χ1) is 15.0. The molecule has 14 nitrogen and oxygen atoms in total. The Morgan fingerprint density at radius 3 is 2.53 bits per heavy atom. The van der Waals surface area contributed by atoms with E-state index < -0.39 is 55.1 Å². The van der Waals surface area contributed by atoms with E-state index in [4.69, 9.17) is 19.6 Å². The molecule has 0 spiro atoms. The fraction of sp³-hybridized carbons (Fsp3) is 0.294. The number of benzene rings is 1. The number of hydrogen-bond donors (Lipinski definition) is 1. The minimum atomic E-state index is -4.14. The van der Waals surface area contributed by atoms with Gasteiger partial charge in [-0.3, -0.25) is 15.0 Å². The summed E-state index contributed by atoms with van der Waals surface area (Å²) in [6.07, 6.45) is 0.745. The van der Waals surface area contributed by atoms with Crippen molar-refractivity contribution in [1.29, 1.82) is 5.26 Å². The average Bonchev–Trinajstić information content (AvgIpc) is 2.71. The van der Waals surface area contributed by atoms with Gasteiger partial charge in [0.2, 0.25) is 5.71 Å². The molecule has 0 radical (unpaired) electrons. The van der Waals surface area contributed by atoms with Gasteiger partial charge < -0.3 is 14.6 Å². The van der Waals surface area contributed by atoms with Crippen molar-refractivity contribution < 1.29 is 42.3 Å². The van der Waals surface area contributed by atoms with E-state index in [2.05, 4.69) is 4.99 Å². The van der Waals surface area contributed by atoms with E-state index in [-0.39, 0.29) is 17.9 Å². The van der Waals surface area contributed by atoms with Gasteiger partial charge in [-0.05, 0) is 25.1 Å². The second-order valence-electron chi connectivity index (χ2n) is 6.00. The summed E-state index contributed by atoms with van der Waals surface area (Å²) in [6, 6.07) is 4.76. The maximum absolute atomic E-state index is 12.3. The van der Waals surface area contributed by atoms with Gasteiger partial charge in [-0.25, -0.2) is 23.0 Å². The molecule has 1 aromatic carbocycles. The van der Waals surface area contributed by atoms with E-state index >= 15 is 0 Å². The highest BCUT2D eigenvalue weighted by molar-refractivity contribution is 7.91. The van der Waals surface area contributed by atoms with Gasteiger partial charge in [0.05, 0.1) is 29.8 Å². The number of nitriles is 1. The van der Waals surface area contributed by atoms with Gasteiger partial charge in [-0.15, -0.1) is 0 Å². The van der Waals surface area contributed by atoms with E-state index in [0.717, 1.165) is 31.6 Å². The van der Waals surface area contributed by atoms with Gasteiger partial charge in [-0.2, -0.15) is 10.3 Å². The number of nitro groups is 1. The molecule has 170 valence electrons. The largest absolute Gasteiger partial charge is 0.478 e. The van der Waals surface area contributed by atoms with Crippen LogP contribution in [-0.4, -0.2) is 66.6 Å². The Morgan fingerprint density at radius 1 is 1.41 bits per heavy atom. The predicted octanol–water partition coefficient (Wildman–Crippen LogP) is 0.290. The summed E-state index contributed by atoms with van der Waals surface area (Å²) >= 11 is 0. The van der Waals surface area contributed by atoms with Gasteiger partial charge >= 0.3 is 23.5 Å². The number of rotatable bonds is 8. The number of ether oxygens (including phenoxy) is 2. The van der Waals surface area contributed by atoms with Crippen molar-refractivity contribution in [2.45, 2.75) is 12.4 Å². The SMILES string of the molecule is CCOC(=O)C1=NC(S(C)(=O)=O)N(OC)C(Oc2ccc(C#N)c(C(=O)O)c2)=C1[N+](=O)[O-]. The number of nitrogens with zero attached hydrogens (tertiary/aromatic N) is 4. The van der Waals surface area contributed by atoms with Gasteiger partial charge in [0, 0.05) is 6.26 Å². The lowest BCUT2D eigenvalue weighted by atomic mass is 10.1. The molecule has 0 bridgehead atoms. The van der Waals surface area contributed by atoms with E-state index in [0.29, 0.717) is 5.06 Å². The highest BCUT2D eigenvalue weighted by Gasteiger charge is 2.47. The fourth-order valence-electron chi connectivity index (χ4n) is 2.55. The number of hydrogen-bond acceptors (Lipinski definition) is 12. The normalized spacial score (nSPS) is 16.1. The van der Waals surface area contributed by atoms with Crippen molar-refractivity contribution in [1.82, 2.24) is 5.06 Å². The van der Waals surface area contributed by atoms with Gasteiger partial charge in [0.15, 0.2) is 9.84 Å². The molecule has 1 N–H and O–H groups in total. The zero-order chi connectivity index (χ0) is 24.2. The van der Waals surface area contributed by atoms with Crippen LogP contribution in [0.2, 0.25) is 0 Å². The molecule has 15 heteroatoms. The highest BCUT2D eigenvalue weighted by Crippen LogP contribution is 2.30. The van der Waals surface area contributed by atoms with E-state index in [1.165, 1.54) is 6.92 Å². The van der Waals surface area contributed by atoms with Crippen LogP contribution in [0.1, 0.15) is 22.8 Å². The van der Waals surface area contributed by atoms with Gasteiger partial charge in [0.25, 0.3) is 5.50 Å². The molecule has 1 aliphatic heterocycles. The molecular formula is C17H16N4O10S. The quantitative estimate of drug-likeness (QED) is 0.311. The lowest BCUT2D eigenvalue weighted by molar-refractivity contribution is -0.421. The molecule has 1 atom stereocenters. The van der Waals surface area contributed by atoms with Crippen molar-refractivity contribution in [2.24, 2.45) is 4.99 Å². The topological polar surface area (TPSA) is 199 Å². The number of carbonyl (C=O) groups excluding carboxylic acids is 1. The molecule has 1 aliphatic rings. The number of sulfone groups is 1. The number of hydroxylamine groups is 2. The molecule has 0 saturated heterocycles. The molecule has 0 fully saturated rings. The van der Waals surface area contributed by atoms with Crippen LogP contribution in [0.3, 0.4) is 0 Å². The second kappa shape index (κ2) is 9.41. The van der Waals surface area contributed by atoms with Crippen LogP contribution in [0.5, 0.6) is 5.75 Å². The number of carbonyl (C=O) groups is 2. The zero-order valence-electron chi connectivity index (χ0n) is 16.8. The zero-order valence-corrected chi connectivity index (χ0v) is 17.7. The third-order valence-corrected chi connectivity index (χ3v) is 4.92. The standard InChI is InChI=1S/C17H16N4O10S/c1-4-30-16(24)12-13(21(25)26)14(20(29-2)17(19-12)32(3,27)28)31-10-6-5-9(8-18)11(7-10)15(22)23/h5-7,17H,4H2,1-3H3,(H,22,23). The van der Waals surface area contributed by atoms with Gasteiger partial charge in [-0.1, -0.05) is 0 Å². The van der Waals surface area contributed by atoms with Crippen molar-refractivity contribution >= 4 is 27.5 Å². The lowest BCUT2D eigenvalue weighted by Gasteiger charge is -2.30. The molecule has 1 heterocycles. The Balaban J connectivity index is 2.77. The summed E-state index contributed by atoms with van der Waals surface area (Å²) in [7, 11) is -3.17. The van der Waals surface area contributed by atoms with E-state index in [1.807, 2.05) is 0 Å². The van der Waals surface area contributed by atoms with Crippen LogP contribution < -0.4 is 4.74 Å². The summed E-state index contributed by atoms with van der Waals surface area (Å²) < 4.78 is 34.6. The molecule has 1 unspecified atom stereocenters. The Labute approximate surface area is 180 Å². The summed E-state index contributed by atoms with van der Waals surface area (Å²) in [5.74, 6) is -3.96. The number of carboxylic acids is 1. The lowest BCUT2D eigenvalue weighted by Crippen LogP contribution is -2.47. The third-order valence-electron chi connectivity index (χ3n) is 3.85. The summed E-state index contributed by atoms with van der Waals surface area (Å²) in [5.41, 5.74) is -4.67. The Morgan fingerprint density at radius 2 is 2.06 bits per heavy atom. The molecule has 2 rings (SSSR count). The van der Waals surface area contributed by atoms with E-state index in [1.54, 1.807) is 6.07 Å². The van der Waals surface area contributed by atoms with Crippen LogP contribution in [-0.2, 0) is 24.2 Å². The first kappa shape index (κ1) is 24.2. The summed E-state index contributed by atoms with van der Waals surface area (Å²) in [6.45, 7) is 1.24. The van der Waals surface area contributed by atoms with Crippen molar-refractivity contribution in [2.75, 3.05) is 20.0 Å². The van der Waals surface area contributed by atoms with Crippen LogP contribution in [0, 0.1) is 21.4 Å². The second-order valence-corrected chi connectivity index (χ2v) is 8.08. The minimum absolute atomic E-state index is 0.186. The number of carboxylic acid groups (broad SMARTS) is 1. The molecule has 0 amide bonds.